The minimum absolute atomic E-state index is 0.0766. The topological polar surface area (TPSA) is 93.5 Å². The lowest BCUT2D eigenvalue weighted by molar-refractivity contribution is 0.0689. The summed E-state index contributed by atoms with van der Waals surface area (Å²) >= 11 is 5.61. The van der Waals surface area contributed by atoms with Gasteiger partial charge in [0.25, 0.3) is 0 Å². The van der Waals surface area contributed by atoms with Crippen molar-refractivity contribution in [2.45, 2.75) is 0 Å². The van der Waals surface area contributed by atoms with E-state index >= 15 is 0 Å². The van der Waals surface area contributed by atoms with Crippen LogP contribution in [0.15, 0.2) is 12.1 Å². The van der Waals surface area contributed by atoms with Crippen molar-refractivity contribution in [3.05, 3.63) is 23.0 Å². The first-order valence-corrected chi connectivity index (χ1v) is 4.01. The normalized spacial score (nSPS) is 10.6. The number of carbonyl (C=O) groups is 1. The molecule has 2 heterocycles. The van der Waals surface area contributed by atoms with Crippen molar-refractivity contribution in [2.24, 2.45) is 0 Å². The molecule has 72 valence electrons. The predicted molar refractivity (Wildman–Crippen MR) is 49.4 cm³/mol. The number of imidazole rings is 1. The highest BCUT2D eigenvalue weighted by atomic mass is 35.5. The van der Waals surface area contributed by atoms with Crippen LogP contribution in [0.4, 0.5) is 5.82 Å². The molecule has 0 saturated carbocycles. The van der Waals surface area contributed by atoms with E-state index in [0.29, 0.717) is 5.65 Å². The van der Waals surface area contributed by atoms with Gasteiger partial charge in [0, 0.05) is 0 Å². The van der Waals surface area contributed by atoms with E-state index in [1.807, 2.05) is 0 Å². The van der Waals surface area contributed by atoms with Crippen LogP contribution < -0.4 is 5.73 Å². The predicted octanol–water partition coefficient (Wildman–Crippen LogP) is 0.663. The SMILES string of the molecule is Nc1nc2ccc(Cl)nn2c1C(=O)O. The monoisotopic (exact) mass is 212 g/mol. The standard InChI is InChI=1S/C7H5ClN4O2/c8-3-1-2-4-10-6(9)5(7(13)14)12(4)11-3/h1-2H,9H2,(H,13,14). The number of halogens is 1. The largest absolute Gasteiger partial charge is 0.476 e. The maximum atomic E-state index is 10.8. The second kappa shape index (κ2) is 2.85. The Morgan fingerprint density at radius 2 is 2.29 bits per heavy atom. The number of carboxylic acids is 1. The third-order valence-electron chi connectivity index (χ3n) is 1.67. The Balaban J connectivity index is 2.86. The van der Waals surface area contributed by atoms with Gasteiger partial charge in [-0.15, -0.1) is 0 Å². The van der Waals surface area contributed by atoms with E-state index in [1.165, 1.54) is 12.1 Å². The molecule has 0 aliphatic rings. The van der Waals surface area contributed by atoms with Gasteiger partial charge < -0.3 is 10.8 Å². The van der Waals surface area contributed by atoms with Gasteiger partial charge in [-0.25, -0.2) is 14.3 Å². The molecule has 2 rings (SSSR count). The molecule has 0 bridgehead atoms. The van der Waals surface area contributed by atoms with Crippen molar-refractivity contribution >= 4 is 29.0 Å². The van der Waals surface area contributed by atoms with Crippen molar-refractivity contribution in [3.8, 4) is 0 Å². The molecule has 3 N–H and O–H groups in total. The van der Waals surface area contributed by atoms with E-state index < -0.39 is 5.97 Å². The van der Waals surface area contributed by atoms with Crippen LogP contribution >= 0.6 is 11.6 Å². The highest BCUT2D eigenvalue weighted by Crippen LogP contribution is 2.15. The molecule has 0 aliphatic heterocycles. The van der Waals surface area contributed by atoms with Gasteiger partial charge >= 0.3 is 5.97 Å². The summed E-state index contributed by atoms with van der Waals surface area (Å²) in [6, 6.07) is 3.05. The van der Waals surface area contributed by atoms with Gasteiger partial charge in [-0.2, -0.15) is 5.10 Å². The Hall–Kier alpha value is -1.82. The summed E-state index contributed by atoms with van der Waals surface area (Å²) in [7, 11) is 0. The van der Waals surface area contributed by atoms with Crippen molar-refractivity contribution in [1.29, 1.82) is 0 Å². The Morgan fingerprint density at radius 1 is 1.57 bits per heavy atom. The first-order valence-electron chi connectivity index (χ1n) is 3.63. The molecule has 0 aromatic carbocycles. The maximum Gasteiger partial charge on any atom is 0.358 e. The summed E-state index contributed by atoms with van der Waals surface area (Å²) in [6.07, 6.45) is 0. The second-order valence-electron chi connectivity index (χ2n) is 2.58. The van der Waals surface area contributed by atoms with Crippen molar-refractivity contribution in [3.63, 3.8) is 0 Å². The molecule has 0 spiro atoms. The minimum Gasteiger partial charge on any atom is -0.476 e. The number of fused-ring (bicyclic) bond motifs is 1. The number of nitrogens with two attached hydrogens (primary N) is 1. The number of hydrogen-bond donors (Lipinski definition) is 2. The molecule has 0 unspecified atom stereocenters. The molecular formula is C7H5ClN4O2. The Bertz CT molecular complexity index is 522. The smallest absolute Gasteiger partial charge is 0.358 e. The number of rotatable bonds is 1. The summed E-state index contributed by atoms with van der Waals surface area (Å²) in [5, 5.41) is 12.8. The molecule has 6 nitrogen and oxygen atoms in total. The van der Waals surface area contributed by atoms with Gasteiger partial charge in [-0.1, -0.05) is 11.6 Å². The number of aromatic nitrogens is 3. The van der Waals surface area contributed by atoms with Crippen LogP contribution in [0.1, 0.15) is 10.5 Å². The number of nitrogen functional groups attached to an aromatic ring is 1. The van der Waals surface area contributed by atoms with E-state index in [0.717, 1.165) is 4.52 Å². The van der Waals surface area contributed by atoms with Gasteiger partial charge in [0.2, 0.25) is 0 Å². The first-order chi connectivity index (χ1) is 6.59. The molecule has 2 aromatic rings. The van der Waals surface area contributed by atoms with Gasteiger partial charge in [-0.05, 0) is 12.1 Å². The van der Waals surface area contributed by atoms with Crippen molar-refractivity contribution in [1.82, 2.24) is 14.6 Å². The number of carboxylic acid groups (broad SMARTS) is 1. The zero-order valence-electron chi connectivity index (χ0n) is 6.81. The van der Waals surface area contributed by atoms with Crippen LogP contribution in [0.3, 0.4) is 0 Å². The molecule has 0 fully saturated rings. The van der Waals surface area contributed by atoms with Crippen molar-refractivity contribution in [2.75, 3.05) is 5.73 Å². The Kier molecular flexibility index (Phi) is 1.78. The highest BCUT2D eigenvalue weighted by molar-refractivity contribution is 6.29. The third kappa shape index (κ3) is 1.16. The van der Waals surface area contributed by atoms with Gasteiger partial charge in [0.05, 0.1) is 0 Å². The first kappa shape index (κ1) is 8.76. The molecule has 0 atom stereocenters. The van der Waals surface area contributed by atoms with Crippen LogP contribution in [0.25, 0.3) is 5.65 Å². The van der Waals surface area contributed by atoms with E-state index in [1.54, 1.807) is 0 Å². The van der Waals surface area contributed by atoms with E-state index in [-0.39, 0.29) is 16.7 Å². The average Bonchev–Trinajstić information content (AvgIpc) is 2.40. The lowest BCUT2D eigenvalue weighted by Gasteiger charge is -1.95. The van der Waals surface area contributed by atoms with Crippen molar-refractivity contribution < 1.29 is 9.90 Å². The summed E-state index contributed by atoms with van der Waals surface area (Å²) in [5.74, 6) is -1.27. The average molecular weight is 213 g/mol. The summed E-state index contributed by atoms with van der Waals surface area (Å²) in [5.41, 5.74) is 5.58. The molecule has 14 heavy (non-hydrogen) atoms. The van der Waals surface area contributed by atoms with Crippen LogP contribution in [0.2, 0.25) is 5.15 Å². The lowest BCUT2D eigenvalue weighted by atomic mass is 10.4. The molecule has 0 radical (unpaired) electrons. The fourth-order valence-electron chi connectivity index (χ4n) is 1.13. The molecule has 2 aromatic heterocycles. The van der Waals surface area contributed by atoms with Crippen LogP contribution in [-0.4, -0.2) is 25.7 Å². The lowest BCUT2D eigenvalue weighted by Crippen LogP contribution is -2.07. The maximum absolute atomic E-state index is 10.8. The number of nitrogens with zero attached hydrogens (tertiary/aromatic N) is 3. The number of hydrogen-bond acceptors (Lipinski definition) is 4. The second-order valence-corrected chi connectivity index (χ2v) is 2.96. The van der Waals surface area contributed by atoms with E-state index in [9.17, 15) is 4.79 Å². The number of aromatic carboxylic acids is 1. The number of anilines is 1. The van der Waals surface area contributed by atoms with Gasteiger partial charge in [-0.3, -0.25) is 0 Å². The molecule has 7 heteroatoms. The van der Waals surface area contributed by atoms with Gasteiger partial charge in [0.15, 0.2) is 17.2 Å². The van der Waals surface area contributed by atoms with E-state index in [4.69, 9.17) is 22.4 Å². The third-order valence-corrected chi connectivity index (χ3v) is 1.88. The van der Waals surface area contributed by atoms with Crippen LogP contribution in [0.5, 0.6) is 0 Å². The van der Waals surface area contributed by atoms with Gasteiger partial charge in [0.1, 0.15) is 5.15 Å². The van der Waals surface area contributed by atoms with Crippen LogP contribution in [0, 0.1) is 0 Å². The summed E-state index contributed by atoms with van der Waals surface area (Å²) < 4.78 is 1.10. The zero-order chi connectivity index (χ0) is 10.3. The molecule has 0 amide bonds. The summed E-state index contributed by atoms with van der Waals surface area (Å²) in [6.45, 7) is 0. The minimum atomic E-state index is -1.19. The van der Waals surface area contributed by atoms with Crippen LogP contribution in [-0.2, 0) is 0 Å². The molecular weight excluding hydrogens is 208 g/mol. The molecule has 0 saturated heterocycles. The quantitative estimate of drug-likeness (QED) is 0.724. The highest BCUT2D eigenvalue weighted by Gasteiger charge is 2.17. The zero-order valence-corrected chi connectivity index (χ0v) is 7.56. The van der Waals surface area contributed by atoms with E-state index in [2.05, 4.69) is 10.1 Å². The fraction of sp³-hybridized carbons (Fsp3) is 0. The Morgan fingerprint density at radius 3 is 2.93 bits per heavy atom. The molecule has 0 aliphatic carbocycles. The summed E-state index contributed by atoms with van der Waals surface area (Å²) in [4.78, 5) is 14.6. The fourth-order valence-corrected chi connectivity index (χ4v) is 1.27. The Labute approximate surface area is 82.9 Å².